The van der Waals surface area contributed by atoms with E-state index in [-0.39, 0.29) is 0 Å². The lowest BCUT2D eigenvalue weighted by molar-refractivity contribution is 1.63. The van der Waals surface area contributed by atoms with Crippen LogP contribution in [-0.2, 0) is 0 Å². The van der Waals surface area contributed by atoms with Gasteiger partial charge in [-0.05, 0) is 121 Å². The van der Waals surface area contributed by atoms with Crippen LogP contribution >= 0.6 is 0 Å². The second kappa shape index (κ2) is 12.3. The van der Waals surface area contributed by atoms with Crippen molar-refractivity contribution in [2.45, 2.75) is 0 Å². The van der Waals surface area contributed by atoms with Crippen molar-refractivity contribution in [3.05, 3.63) is 206 Å². The molecule has 0 bridgehead atoms. The van der Waals surface area contributed by atoms with E-state index in [2.05, 4.69) is 206 Å². The second-order valence-corrected chi connectivity index (χ2v) is 14.4. The van der Waals surface area contributed by atoms with E-state index in [0.717, 1.165) is 0 Å². The molecule has 0 saturated carbocycles. The van der Waals surface area contributed by atoms with Crippen molar-refractivity contribution in [3.8, 4) is 44.5 Å². The Labute approximate surface area is 314 Å². The van der Waals surface area contributed by atoms with Crippen molar-refractivity contribution < 1.29 is 0 Å². The van der Waals surface area contributed by atoms with Gasteiger partial charge < -0.3 is 0 Å². The van der Waals surface area contributed by atoms with Crippen LogP contribution in [0.5, 0.6) is 0 Å². The first kappa shape index (κ1) is 30.6. The maximum absolute atomic E-state index is 2.45. The summed E-state index contributed by atoms with van der Waals surface area (Å²) in [6.07, 6.45) is 0. The third kappa shape index (κ3) is 4.78. The van der Waals surface area contributed by atoms with Crippen LogP contribution in [0.3, 0.4) is 0 Å². The zero-order valence-electron chi connectivity index (χ0n) is 29.6. The van der Waals surface area contributed by atoms with Gasteiger partial charge in [0.2, 0.25) is 0 Å². The fraction of sp³-hybridized carbons (Fsp3) is 0. The van der Waals surface area contributed by atoms with Crippen LogP contribution in [-0.4, -0.2) is 0 Å². The molecule has 0 aliphatic rings. The highest BCUT2D eigenvalue weighted by Crippen LogP contribution is 2.48. The van der Waals surface area contributed by atoms with Gasteiger partial charge in [0.15, 0.2) is 0 Å². The lowest BCUT2D eigenvalue weighted by Gasteiger charge is -2.21. The summed E-state index contributed by atoms with van der Waals surface area (Å²) >= 11 is 0. The maximum Gasteiger partial charge on any atom is -0.00199 e. The monoisotopic (exact) mass is 682 g/mol. The predicted octanol–water partition coefficient (Wildman–Crippen LogP) is 15.3. The molecule has 0 fully saturated rings. The molecule has 0 unspecified atom stereocenters. The minimum atomic E-state index is 1.21. The molecule has 0 N–H and O–H groups in total. The molecule has 0 atom stereocenters. The molecule has 250 valence electrons. The molecule has 0 spiro atoms. The Balaban J connectivity index is 1.23. The SMILES string of the molecule is c1ccc2c(-c3ccc(-c4c5ccccc5c(-c5cc6ccccc6c6ccccc56)c5ccc(-c6cccc7ccccc67)cc45)cc3)cccc2c1. The summed E-state index contributed by atoms with van der Waals surface area (Å²) in [6, 6.07) is 76.2. The van der Waals surface area contributed by atoms with E-state index in [1.165, 1.54) is 109 Å². The maximum atomic E-state index is 2.45. The van der Waals surface area contributed by atoms with Crippen LogP contribution in [0.2, 0.25) is 0 Å². The average molecular weight is 683 g/mol. The van der Waals surface area contributed by atoms with E-state index >= 15 is 0 Å². The Kier molecular flexibility index (Phi) is 6.97. The first-order valence-corrected chi connectivity index (χ1v) is 18.8. The lowest BCUT2D eigenvalue weighted by atomic mass is 9.82. The van der Waals surface area contributed by atoms with Crippen LogP contribution in [0.1, 0.15) is 0 Å². The Morgan fingerprint density at radius 1 is 0.185 bits per heavy atom. The quantitative estimate of drug-likeness (QED) is 0.128. The van der Waals surface area contributed by atoms with E-state index < -0.39 is 0 Å². The largest absolute Gasteiger partial charge is 0.0616 e. The highest BCUT2D eigenvalue weighted by atomic mass is 14.2. The molecule has 0 heteroatoms. The van der Waals surface area contributed by atoms with Crippen molar-refractivity contribution in [3.63, 3.8) is 0 Å². The first-order valence-electron chi connectivity index (χ1n) is 18.8. The van der Waals surface area contributed by atoms with E-state index in [0.29, 0.717) is 0 Å². The highest BCUT2D eigenvalue weighted by molar-refractivity contribution is 6.26. The molecule has 0 saturated heterocycles. The van der Waals surface area contributed by atoms with Gasteiger partial charge in [-0.15, -0.1) is 0 Å². The molecule has 0 amide bonds. The summed E-state index contributed by atoms with van der Waals surface area (Å²) in [7, 11) is 0. The number of hydrogen-bond donors (Lipinski definition) is 0. The number of rotatable bonds is 4. The summed E-state index contributed by atoms with van der Waals surface area (Å²) in [6.45, 7) is 0. The summed E-state index contributed by atoms with van der Waals surface area (Å²) in [5, 5.41) is 15.2. The molecule has 0 nitrogen and oxygen atoms in total. The number of benzene rings is 11. The molecule has 0 heterocycles. The lowest BCUT2D eigenvalue weighted by Crippen LogP contribution is -1.93. The van der Waals surface area contributed by atoms with E-state index in [1.807, 2.05) is 0 Å². The summed E-state index contributed by atoms with van der Waals surface area (Å²) in [5.41, 5.74) is 9.97. The topological polar surface area (TPSA) is 0 Å². The minimum Gasteiger partial charge on any atom is -0.0616 e. The van der Waals surface area contributed by atoms with Crippen molar-refractivity contribution in [2.75, 3.05) is 0 Å². The van der Waals surface area contributed by atoms with Gasteiger partial charge in [0.1, 0.15) is 0 Å². The van der Waals surface area contributed by atoms with Crippen LogP contribution in [0.15, 0.2) is 206 Å². The van der Waals surface area contributed by atoms with Gasteiger partial charge >= 0.3 is 0 Å². The van der Waals surface area contributed by atoms with Gasteiger partial charge in [0, 0.05) is 0 Å². The third-order valence-corrected chi connectivity index (χ3v) is 11.4. The summed E-state index contributed by atoms with van der Waals surface area (Å²) < 4.78 is 0. The van der Waals surface area contributed by atoms with Crippen LogP contribution < -0.4 is 0 Å². The van der Waals surface area contributed by atoms with Crippen molar-refractivity contribution >= 4 is 64.6 Å². The first-order chi connectivity index (χ1) is 26.8. The molecule has 54 heavy (non-hydrogen) atoms. The Morgan fingerprint density at radius 2 is 0.630 bits per heavy atom. The van der Waals surface area contributed by atoms with E-state index in [4.69, 9.17) is 0 Å². The van der Waals surface area contributed by atoms with Gasteiger partial charge in [0.25, 0.3) is 0 Å². The van der Waals surface area contributed by atoms with Gasteiger partial charge in [-0.1, -0.05) is 194 Å². The second-order valence-electron chi connectivity index (χ2n) is 14.4. The number of hydrogen-bond acceptors (Lipinski definition) is 0. The van der Waals surface area contributed by atoms with Crippen molar-refractivity contribution in [1.29, 1.82) is 0 Å². The molecular formula is C54H34. The Bertz CT molecular complexity index is 3250. The van der Waals surface area contributed by atoms with Crippen LogP contribution in [0.4, 0.5) is 0 Å². The Hall–Kier alpha value is -7.02. The predicted molar refractivity (Wildman–Crippen MR) is 233 cm³/mol. The summed E-state index contributed by atoms with van der Waals surface area (Å²) in [4.78, 5) is 0. The number of fused-ring (bicyclic) bond motifs is 7. The van der Waals surface area contributed by atoms with Crippen LogP contribution in [0, 0.1) is 0 Å². The van der Waals surface area contributed by atoms with Gasteiger partial charge in [0.05, 0.1) is 0 Å². The normalized spacial score (nSPS) is 11.7. The van der Waals surface area contributed by atoms with Gasteiger partial charge in [-0.25, -0.2) is 0 Å². The standard InChI is InChI=1S/C54H34/c1-4-18-41-35(13-1)16-11-25-43(41)37-27-29-38(30-28-37)53-48-23-9-10-24-49(48)54(51-33-39-15-3-6-20-45(39)46-21-7-8-22-47(46)51)50-32-31-40(34-52(50)53)44-26-12-17-36-14-2-5-19-42(36)44/h1-34H. The molecule has 0 aliphatic carbocycles. The van der Waals surface area contributed by atoms with Gasteiger partial charge in [-0.3, -0.25) is 0 Å². The molecular weight excluding hydrogens is 649 g/mol. The highest BCUT2D eigenvalue weighted by Gasteiger charge is 2.20. The molecule has 0 radical (unpaired) electrons. The molecule has 11 aromatic rings. The smallest absolute Gasteiger partial charge is 0.00199 e. The van der Waals surface area contributed by atoms with Gasteiger partial charge in [-0.2, -0.15) is 0 Å². The van der Waals surface area contributed by atoms with Crippen molar-refractivity contribution in [2.24, 2.45) is 0 Å². The average Bonchev–Trinajstić information content (AvgIpc) is 3.25. The summed E-state index contributed by atoms with van der Waals surface area (Å²) in [5.74, 6) is 0. The van der Waals surface area contributed by atoms with Crippen LogP contribution in [0.25, 0.3) is 109 Å². The fourth-order valence-electron chi connectivity index (χ4n) is 8.98. The molecule has 0 aromatic heterocycles. The molecule has 0 aliphatic heterocycles. The zero-order chi connectivity index (χ0) is 35.6. The third-order valence-electron chi connectivity index (χ3n) is 11.4. The zero-order valence-corrected chi connectivity index (χ0v) is 29.6. The molecule has 11 aromatic carbocycles. The van der Waals surface area contributed by atoms with E-state index in [9.17, 15) is 0 Å². The van der Waals surface area contributed by atoms with Crippen molar-refractivity contribution in [1.82, 2.24) is 0 Å². The van der Waals surface area contributed by atoms with E-state index in [1.54, 1.807) is 0 Å². The fourth-order valence-corrected chi connectivity index (χ4v) is 8.98. The molecule has 11 rings (SSSR count). The Morgan fingerprint density at radius 3 is 1.30 bits per heavy atom. The minimum absolute atomic E-state index is 1.21.